The molecule has 0 fully saturated rings. The normalized spacial score (nSPS) is 13.2. The van der Waals surface area contributed by atoms with Crippen LogP contribution in [-0.4, -0.2) is 41.9 Å². The first-order valence-corrected chi connectivity index (χ1v) is 8.30. The second-order valence-electron chi connectivity index (χ2n) is 5.26. The fourth-order valence-electron chi connectivity index (χ4n) is 2.14. The number of sulfonamides is 1. The van der Waals surface area contributed by atoms with E-state index in [-0.39, 0.29) is 22.4 Å². The van der Waals surface area contributed by atoms with Gasteiger partial charge in [0.2, 0.25) is 10.0 Å². The molecule has 8 heteroatoms. The summed E-state index contributed by atoms with van der Waals surface area (Å²) in [5, 5.41) is 8.86. The quantitative estimate of drug-likeness (QED) is 0.842. The van der Waals surface area contributed by atoms with E-state index in [1.54, 1.807) is 19.1 Å². The summed E-state index contributed by atoms with van der Waals surface area (Å²) in [6, 6.07) is 6.55. The van der Waals surface area contributed by atoms with E-state index in [0.29, 0.717) is 6.42 Å². The number of nitrogens with one attached hydrogen (secondary N) is 1. The van der Waals surface area contributed by atoms with Crippen molar-refractivity contribution in [1.29, 1.82) is 0 Å². The Morgan fingerprint density at radius 3 is 2.48 bits per heavy atom. The first-order chi connectivity index (χ1) is 10.7. The van der Waals surface area contributed by atoms with Gasteiger partial charge in [-0.1, -0.05) is 12.1 Å². The van der Waals surface area contributed by atoms with Gasteiger partial charge in [0.05, 0.1) is 0 Å². The second kappa shape index (κ2) is 6.51. The highest BCUT2D eigenvalue weighted by atomic mass is 32.2. The number of benzene rings is 1. The van der Waals surface area contributed by atoms with Gasteiger partial charge in [0, 0.05) is 19.3 Å². The van der Waals surface area contributed by atoms with Crippen LogP contribution in [0.1, 0.15) is 23.0 Å². The topological polar surface area (TPSA) is 90.5 Å². The van der Waals surface area contributed by atoms with Gasteiger partial charge in [-0.15, -0.1) is 0 Å². The zero-order valence-electron chi connectivity index (χ0n) is 12.7. The van der Waals surface area contributed by atoms with Gasteiger partial charge in [0.15, 0.2) is 0 Å². The van der Waals surface area contributed by atoms with E-state index in [2.05, 4.69) is 4.98 Å². The summed E-state index contributed by atoms with van der Waals surface area (Å²) in [4.78, 5) is 13.1. The molecule has 2 N–H and O–H groups in total. The molecule has 124 valence electrons. The largest absolute Gasteiger partial charge is 0.477 e. The van der Waals surface area contributed by atoms with E-state index in [1.165, 1.54) is 23.5 Å². The van der Waals surface area contributed by atoms with Crippen LogP contribution in [0, 0.1) is 5.82 Å². The fraction of sp³-hybridized carbons (Fsp3) is 0.267. The number of rotatable bonds is 6. The molecule has 1 heterocycles. The Labute approximate surface area is 133 Å². The van der Waals surface area contributed by atoms with E-state index >= 15 is 0 Å². The third-order valence-corrected chi connectivity index (χ3v) is 5.58. The molecular weight excluding hydrogens is 323 g/mol. The van der Waals surface area contributed by atoms with Crippen LogP contribution in [0.4, 0.5) is 4.39 Å². The molecule has 2 aromatic rings. The minimum absolute atomic E-state index is 0.108. The second-order valence-corrected chi connectivity index (χ2v) is 7.25. The smallest absolute Gasteiger partial charge is 0.352 e. The van der Waals surface area contributed by atoms with Gasteiger partial charge in [-0.3, -0.25) is 0 Å². The Kier molecular flexibility index (Phi) is 4.86. The lowest BCUT2D eigenvalue weighted by atomic mass is 10.1. The van der Waals surface area contributed by atoms with Gasteiger partial charge in [0.1, 0.15) is 16.4 Å². The zero-order chi connectivity index (χ0) is 17.2. The Morgan fingerprint density at radius 1 is 1.35 bits per heavy atom. The highest BCUT2D eigenvalue weighted by Gasteiger charge is 2.27. The van der Waals surface area contributed by atoms with Crippen molar-refractivity contribution in [2.45, 2.75) is 24.3 Å². The van der Waals surface area contributed by atoms with Crippen molar-refractivity contribution in [2.24, 2.45) is 0 Å². The molecule has 0 radical (unpaired) electrons. The average Bonchev–Trinajstić information content (AvgIpc) is 2.99. The number of nitrogens with zero attached hydrogens (tertiary/aromatic N) is 1. The molecule has 0 bridgehead atoms. The summed E-state index contributed by atoms with van der Waals surface area (Å²) in [6.45, 7) is 1.73. The van der Waals surface area contributed by atoms with Gasteiger partial charge in [0.25, 0.3) is 0 Å². The molecule has 0 spiro atoms. The third kappa shape index (κ3) is 3.77. The van der Waals surface area contributed by atoms with Crippen molar-refractivity contribution in [3.63, 3.8) is 0 Å². The molecular formula is C15H17FN2O4S. The van der Waals surface area contributed by atoms with Gasteiger partial charge < -0.3 is 10.1 Å². The van der Waals surface area contributed by atoms with E-state index in [4.69, 9.17) is 5.11 Å². The lowest BCUT2D eigenvalue weighted by Gasteiger charge is -2.23. The van der Waals surface area contributed by atoms with Crippen LogP contribution in [-0.2, 0) is 16.4 Å². The van der Waals surface area contributed by atoms with E-state index in [9.17, 15) is 17.6 Å². The Hall–Kier alpha value is -2.19. The number of aromatic carboxylic acids is 1. The number of hydrogen-bond acceptors (Lipinski definition) is 3. The third-order valence-electron chi connectivity index (χ3n) is 3.63. The minimum Gasteiger partial charge on any atom is -0.477 e. The summed E-state index contributed by atoms with van der Waals surface area (Å²) in [5.41, 5.74) is 0.615. The highest BCUT2D eigenvalue weighted by Crippen LogP contribution is 2.19. The Balaban J connectivity index is 2.17. The van der Waals surface area contributed by atoms with Crippen LogP contribution in [0.25, 0.3) is 0 Å². The zero-order valence-corrected chi connectivity index (χ0v) is 13.5. The SMILES string of the molecule is CC(Cc1ccc(F)cc1)N(C)S(=O)(=O)c1c[nH]c(C(=O)O)c1. The molecule has 0 saturated heterocycles. The van der Waals surface area contributed by atoms with E-state index < -0.39 is 16.0 Å². The average molecular weight is 340 g/mol. The Morgan fingerprint density at radius 2 is 1.96 bits per heavy atom. The maximum absolute atomic E-state index is 12.9. The molecule has 23 heavy (non-hydrogen) atoms. The first kappa shape index (κ1) is 17.2. The molecule has 1 atom stereocenters. The van der Waals surface area contributed by atoms with Crippen molar-refractivity contribution < 1.29 is 22.7 Å². The van der Waals surface area contributed by atoms with Gasteiger partial charge in [-0.25, -0.2) is 17.6 Å². The standard InChI is InChI=1S/C15H17FN2O4S/c1-10(7-11-3-5-12(16)6-4-11)18(2)23(21,22)13-8-14(15(19)20)17-9-13/h3-6,8-10,17H,7H2,1-2H3,(H,19,20). The number of carbonyl (C=O) groups is 1. The number of hydrogen-bond donors (Lipinski definition) is 2. The monoisotopic (exact) mass is 340 g/mol. The Bertz CT molecular complexity index is 799. The van der Waals surface area contributed by atoms with Crippen LogP contribution >= 0.6 is 0 Å². The number of aromatic nitrogens is 1. The van der Waals surface area contributed by atoms with Crippen molar-refractivity contribution in [2.75, 3.05) is 7.05 Å². The predicted octanol–water partition coefficient (Wildman–Crippen LogP) is 2.10. The molecule has 0 amide bonds. The van der Waals surface area contributed by atoms with Gasteiger partial charge in [-0.2, -0.15) is 4.31 Å². The van der Waals surface area contributed by atoms with E-state index in [0.717, 1.165) is 17.8 Å². The summed E-state index contributed by atoms with van der Waals surface area (Å²) >= 11 is 0. The maximum Gasteiger partial charge on any atom is 0.352 e. The molecule has 2 rings (SSSR count). The summed E-state index contributed by atoms with van der Waals surface area (Å²) in [6.07, 6.45) is 1.56. The lowest BCUT2D eigenvalue weighted by Crippen LogP contribution is -2.36. The molecule has 0 aliphatic heterocycles. The van der Waals surface area contributed by atoms with E-state index in [1.807, 2.05) is 0 Å². The molecule has 1 aromatic carbocycles. The lowest BCUT2D eigenvalue weighted by molar-refractivity contribution is 0.0691. The van der Waals surface area contributed by atoms with Gasteiger partial charge >= 0.3 is 5.97 Å². The molecule has 6 nitrogen and oxygen atoms in total. The molecule has 0 saturated carbocycles. The minimum atomic E-state index is -3.81. The first-order valence-electron chi connectivity index (χ1n) is 6.86. The molecule has 0 aliphatic carbocycles. The van der Waals surface area contributed by atoms with Crippen LogP contribution in [0.5, 0.6) is 0 Å². The maximum atomic E-state index is 12.9. The van der Waals surface area contributed by atoms with Crippen molar-refractivity contribution in [3.8, 4) is 0 Å². The number of carboxylic acids is 1. The number of H-pyrrole nitrogens is 1. The van der Waals surface area contributed by atoms with Crippen LogP contribution < -0.4 is 0 Å². The number of likely N-dealkylation sites (N-methyl/N-ethyl adjacent to an activating group) is 1. The van der Waals surface area contributed by atoms with Crippen LogP contribution in [0.15, 0.2) is 41.4 Å². The summed E-state index contributed by atoms with van der Waals surface area (Å²) < 4.78 is 39.1. The number of carboxylic acid groups (broad SMARTS) is 1. The highest BCUT2D eigenvalue weighted by molar-refractivity contribution is 7.89. The summed E-state index contributed by atoms with van der Waals surface area (Å²) in [5.74, 6) is -1.58. The van der Waals surface area contributed by atoms with Crippen LogP contribution in [0.3, 0.4) is 0 Å². The van der Waals surface area contributed by atoms with Crippen molar-refractivity contribution in [1.82, 2.24) is 9.29 Å². The van der Waals surface area contributed by atoms with Crippen molar-refractivity contribution >= 4 is 16.0 Å². The molecule has 1 unspecified atom stereocenters. The molecule has 1 aromatic heterocycles. The predicted molar refractivity (Wildman–Crippen MR) is 82.3 cm³/mol. The van der Waals surface area contributed by atoms with Crippen LogP contribution in [0.2, 0.25) is 0 Å². The number of halogens is 1. The fourth-order valence-corrected chi connectivity index (χ4v) is 3.50. The molecule has 0 aliphatic rings. The summed E-state index contributed by atoms with van der Waals surface area (Å²) in [7, 11) is -2.39. The van der Waals surface area contributed by atoms with Crippen molar-refractivity contribution in [3.05, 3.63) is 53.6 Å². The van der Waals surface area contributed by atoms with Gasteiger partial charge in [-0.05, 0) is 37.1 Å². The number of aromatic amines is 1.